The van der Waals surface area contributed by atoms with E-state index in [1.165, 1.54) is 5.56 Å². The zero-order chi connectivity index (χ0) is 9.54. The monoisotopic (exact) mass is 187 g/mol. The van der Waals surface area contributed by atoms with Gasteiger partial charge >= 0.3 is 0 Å². The topological polar surface area (TPSA) is 54.8 Å². The van der Waals surface area contributed by atoms with Crippen LogP contribution in [0.25, 0.3) is 5.69 Å². The summed E-state index contributed by atoms with van der Waals surface area (Å²) in [6, 6.07) is 6.19. The molecule has 0 amide bonds. The third kappa shape index (κ3) is 0.891. The van der Waals surface area contributed by atoms with E-state index in [0.29, 0.717) is 5.95 Å². The Balaban J connectivity index is 2.26. The van der Waals surface area contributed by atoms with E-state index in [9.17, 15) is 0 Å². The van der Waals surface area contributed by atoms with Crippen molar-refractivity contribution in [3.63, 3.8) is 0 Å². The highest BCUT2D eigenvalue weighted by molar-refractivity contribution is 5.68. The first-order valence-electron chi connectivity index (χ1n) is 4.38. The van der Waals surface area contributed by atoms with Gasteiger partial charge in [0, 0.05) is 0 Å². The lowest BCUT2D eigenvalue weighted by Gasteiger charge is -2.20. The van der Waals surface area contributed by atoms with Crippen molar-refractivity contribution < 1.29 is 0 Å². The molecule has 0 saturated carbocycles. The van der Waals surface area contributed by atoms with Gasteiger partial charge in [0.1, 0.15) is 6.33 Å². The van der Waals surface area contributed by atoms with Gasteiger partial charge in [0.05, 0.1) is 11.4 Å². The number of nitrogens with zero attached hydrogens (tertiary/aromatic N) is 3. The standard InChI is InChI=1S/C9H9N5/c1-6-2-3-8-7(4-6)11-13-9-12-10-5-14(8)9/h2-5,11H,1H3,(H,12,13). The first-order chi connectivity index (χ1) is 6.84. The quantitative estimate of drug-likeness (QED) is 0.653. The van der Waals surface area contributed by atoms with Gasteiger partial charge in [0.25, 0.3) is 0 Å². The molecule has 0 atom stereocenters. The summed E-state index contributed by atoms with van der Waals surface area (Å²) in [5, 5.41) is 7.75. The number of fused-ring (bicyclic) bond motifs is 3. The zero-order valence-corrected chi connectivity index (χ0v) is 7.65. The van der Waals surface area contributed by atoms with Crippen LogP contribution in [0.4, 0.5) is 11.6 Å². The Kier molecular flexibility index (Phi) is 1.30. The molecule has 0 saturated heterocycles. The Morgan fingerprint density at radius 1 is 1.29 bits per heavy atom. The Morgan fingerprint density at radius 3 is 3.14 bits per heavy atom. The largest absolute Gasteiger partial charge is 0.296 e. The molecule has 1 aliphatic rings. The zero-order valence-electron chi connectivity index (χ0n) is 7.65. The van der Waals surface area contributed by atoms with Gasteiger partial charge in [-0.3, -0.25) is 15.4 Å². The molecule has 0 aliphatic carbocycles. The van der Waals surface area contributed by atoms with E-state index in [4.69, 9.17) is 0 Å². The molecule has 0 fully saturated rings. The van der Waals surface area contributed by atoms with E-state index in [1.807, 2.05) is 10.6 Å². The van der Waals surface area contributed by atoms with Gasteiger partial charge in [-0.1, -0.05) is 6.07 Å². The molecule has 2 aromatic rings. The molecule has 1 aromatic heterocycles. The first kappa shape index (κ1) is 7.37. The number of aryl methyl sites for hydroxylation is 1. The van der Waals surface area contributed by atoms with E-state index in [0.717, 1.165) is 11.4 Å². The molecule has 2 heterocycles. The Morgan fingerprint density at radius 2 is 2.21 bits per heavy atom. The van der Waals surface area contributed by atoms with Crippen LogP contribution in [0.5, 0.6) is 0 Å². The molecule has 70 valence electrons. The molecule has 14 heavy (non-hydrogen) atoms. The molecular formula is C9H9N5. The fraction of sp³-hybridized carbons (Fsp3) is 0.111. The number of hydrazine groups is 1. The van der Waals surface area contributed by atoms with Crippen molar-refractivity contribution in [1.82, 2.24) is 14.8 Å². The van der Waals surface area contributed by atoms with E-state index < -0.39 is 0 Å². The summed E-state index contributed by atoms with van der Waals surface area (Å²) in [6.07, 6.45) is 1.69. The molecule has 3 rings (SSSR count). The first-order valence-corrected chi connectivity index (χ1v) is 4.38. The maximum Gasteiger partial charge on any atom is 0.247 e. The highest BCUT2D eigenvalue weighted by atomic mass is 15.5. The van der Waals surface area contributed by atoms with Crippen LogP contribution < -0.4 is 10.9 Å². The Bertz CT molecular complexity index is 488. The molecule has 5 nitrogen and oxygen atoms in total. The Hall–Kier alpha value is -2.04. The average molecular weight is 187 g/mol. The molecule has 5 heteroatoms. The lowest BCUT2D eigenvalue weighted by Crippen LogP contribution is -2.19. The summed E-state index contributed by atoms with van der Waals surface area (Å²) < 4.78 is 1.91. The number of benzene rings is 1. The van der Waals surface area contributed by atoms with Gasteiger partial charge in [0.2, 0.25) is 5.95 Å². The maximum absolute atomic E-state index is 3.92. The second kappa shape index (κ2) is 2.47. The number of anilines is 2. The Labute approximate surface area is 80.7 Å². The number of hydrogen-bond donors (Lipinski definition) is 2. The van der Waals surface area contributed by atoms with Crippen LogP contribution in [-0.4, -0.2) is 14.8 Å². The van der Waals surface area contributed by atoms with Crippen molar-refractivity contribution in [1.29, 1.82) is 0 Å². The number of nitrogens with one attached hydrogen (secondary N) is 2. The van der Waals surface area contributed by atoms with E-state index in [-0.39, 0.29) is 0 Å². The van der Waals surface area contributed by atoms with Crippen LogP contribution in [0.15, 0.2) is 24.5 Å². The summed E-state index contributed by atoms with van der Waals surface area (Å²) in [4.78, 5) is 0. The van der Waals surface area contributed by atoms with Gasteiger partial charge in [-0.15, -0.1) is 10.2 Å². The normalized spacial score (nSPS) is 12.4. The molecule has 1 aromatic carbocycles. The third-order valence-electron chi connectivity index (χ3n) is 2.27. The van der Waals surface area contributed by atoms with Crippen molar-refractivity contribution in [3.8, 4) is 5.69 Å². The average Bonchev–Trinajstić information content (AvgIpc) is 2.65. The van der Waals surface area contributed by atoms with Gasteiger partial charge in [0.15, 0.2) is 0 Å². The van der Waals surface area contributed by atoms with Crippen LogP contribution in [0, 0.1) is 6.92 Å². The molecule has 0 spiro atoms. The van der Waals surface area contributed by atoms with Crippen molar-refractivity contribution in [3.05, 3.63) is 30.1 Å². The van der Waals surface area contributed by atoms with E-state index in [2.05, 4.69) is 40.1 Å². The van der Waals surface area contributed by atoms with Crippen molar-refractivity contribution in [2.75, 3.05) is 10.9 Å². The maximum atomic E-state index is 3.92. The molecule has 0 bridgehead atoms. The van der Waals surface area contributed by atoms with Crippen LogP contribution in [-0.2, 0) is 0 Å². The van der Waals surface area contributed by atoms with Crippen molar-refractivity contribution in [2.24, 2.45) is 0 Å². The van der Waals surface area contributed by atoms with Crippen molar-refractivity contribution >= 4 is 11.6 Å². The summed E-state index contributed by atoms with van der Waals surface area (Å²) in [6.45, 7) is 2.06. The lowest BCUT2D eigenvalue weighted by molar-refractivity contribution is 1.02. The molecular weight excluding hydrogens is 178 g/mol. The van der Waals surface area contributed by atoms with Gasteiger partial charge in [-0.05, 0) is 24.6 Å². The van der Waals surface area contributed by atoms with Crippen LogP contribution in [0.2, 0.25) is 0 Å². The number of aromatic nitrogens is 3. The molecule has 2 N–H and O–H groups in total. The SMILES string of the molecule is Cc1ccc2c(c1)NNc1nncn1-2. The minimum absolute atomic E-state index is 0.710. The fourth-order valence-electron chi connectivity index (χ4n) is 1.58. The van der Waals surface area contributed by atoms with Crippen LogP contribution >= 0.6 is 0 Å². The smallest absolute Gasteiger partial charge is 0.247 e. The number of rotatable bonds is 0. The summed E-state index contributed by atoms with van der Waals surface area (Å²) in [7, 11) is 0. The summed E-state index contributed by atoms with van der Waals surface area (Å²) in [5.74, 6) is 0.710. The second-order valence-electron chi connectivity index (χ2n) is 3.30. The molecule has 0 radical (unpaired) electrons. The lowest BCUT2D eigenvalue weighted by atomic mass is 10.2. The third-order valence-corrected chi connectivity index (χ3v) is 2.27. The highest BCUT2D eigenvalue weighted by Crippen LogP contribution is 2.27. The minimum Gasteiger partial charge on any atom is -0.296 e. The predicted octanol–water partition coefficient (Wildman–Crippen LogP) is 1.33. The van der Waals surface area contributed by atoms with Gasteiger partial charge in [-0.25, -0.2) is 0 Å². The van der Waals surface area contributed by atoms with Crippen LogP contribution in [0.1, 0.15) is 5.56 Å². The molecule has 1 aliphatic heterocycles. The van der Waals surface area contributed by atoms with Gasteiger partial charge in [-0.2, -0.15) is 0 Å². The van der Waals surface area contributed by atoms with E-state index in [1.54, 1.807) is 6.33 Å². The second-order valence-corrected chi connectivity index (χ2v) is 3.30. The van der Waals surface area contributed by atoms with Gasteiger partial charge < -0.3 is 0 Å². The number of hydrogen-bond acceptors (Lipinski definition) is 4. The predicted molar refractivity (Wildman–Crippen MR) is 53.3 cm³/mol. The van der Waals surface area contributed by atoms with E-state index >= 15 is 0 Å². The molecule has 0 unspecified atom stereocenters. The minimum atomic E-state index is 0.710. The van der Waals surface area contributed by atoms with Crippen LogP contribution in [0.3, 0.4) is 0 Å². The van der Waals surface area contributed by atoms with Crippen molar-refractivity contribution in [2.45, 2.75) is 6.92 Å². The fourth-order valence-corrected chi connectivity index (χ4v) is 1.58. The summed E-state index contributed by atoms with van der Waals surface area (Å²) in [5.41, 5.74) is 9.36. The summed E-state index contributed by atoms with van der Waals surface area (Å²) >= 11 is 0. The highest BCUT2D eigenvalue weighted by Gasteiger charge is 2.14.